The third-order valence-electron chi connectivity index (χ3n) is 4.31. The highest BCUT2D eigenvalue weighted by molar-refractivity contribution is 5.34. The second kappa shape index (κ2) is 7.31. The van der Waals surface area contributed by atoms with E-state index < -0.39 is 11.9 Å². The summed E-state index contributed by atoms with van der Waals surface area (Å²) in [6, 6.07) is 6.65. The first-order chi connectivity index (χ1) is 10.1. The molecule has 112 valence electrons. The van der Waals surface area contributed by atoms with Gasteiger partial charge in [0, 0.05) is 0 Å². The molecular formula is C17H18F3N. The molecule has 21 heavy (non-hydrogen) atoms. The maximum absolute atomic E-state index is 13.6. The topological polar surface area (TPSA) is 23.8 Å². The van der Waals surface area contributed by atoms with Crippen molar-refractivity contribution < 1.29 is 13.2 Å². The van der Waals surface area contributed by atoms with Gasteiger partial charge in [-0.15, -0.1) is 0 Å². The molecule has 1 aromatic carbocycles. The first-order valence-electron chi connectivity index (χ1n) is 7.31. The summed E-state index contributed by atoms with van der Waals surface area (Å²) in [4.78, 5) is 0. The summed E-state index contributed by atoms with van der Waals surface area (Å²) in [7, 11) is 0. The quantitative estimate of drug-likeness (QED) is 0.715. The minimum absolute atomic E-state index is 0.0764. The van der Waals surface area contributed by atoms with Gasteiger partial charge in [0.05, 0.1) is 5.56 Å². The van der Waals surface area contributed by atoms with Gasteiger partial charge in [0.2, 0.25) is 0 Å². The van der Waals surface area contributed by atoms with Crippen molar-refractivity contribution in [3.05, 3.63) is 47.3 Å². The van der Waals surface area contributed by atoms with Crippen molar-refractivity contribution in [2.75, 3.05) is 0 Å². The fourth-order valence-corrected chi connectivity index (χ4v) is 3.09. The highest BCUT2D eigenvalue weighted by Gasteiger charge is 2.22. The van der Waals surface area contributed by atoms with Gasteiger partial charge in [-0.2, -0.15) is 14.0 Å². The normalized spacial score (nSPS) is 21.6. The highest BCUT2D eigenvalue weighted by atomic mass is 19.3. The average Bonchev–Trinajstić information content (AvgIpc) is 2.47. The van der Waals surface area contributed by atoms with Crippen LogP contribution in [0.3, 0.4) is 0 Å². The Morgan fingerprint density at radius 2 is 1.95 bits per heavy atom. The van der Waals surface area contributed by atoms with Gasteiger partial charge in [-0.3, -0.25) is 0 Å². The van der Waals surface area contributed by atoms with Crippen LogP contribution in [-0.2, 0) is 0 Å². The predicted molar refractivity (Wildman–Crippen MR) is 75.3 cm³/mol. The van der Waals surface area contributed by atoms with Gasteiger partial charge in [0.15, 0.2) is 0 Å². The number of hydrogen-bond donors (Lipinski definition) is 0. The standard InChI is InChI=1S/C17H18F3N/c18-16-10-14(8-9-15(16)11-21)13-6-4-12(5-7-13)2-1-3-17(19)20/h3,8-10,12-13H,1-2,4-7H2. The van der Waals surface area contributed by atoms with Crippen molar-refractivity contribution >= 4 is 0 Å². The highest BCUT2D eigenvalue weighted by Crippen LogP contribution is 2.37. The summed E-state index contributed by atoms with van der Waals surface area (Å²) in [5, 5.41) is 8.73. The van der Waals surface area contributed by atoms with Crippen LogP contribution >= 0.6 is 0 Å². The monoisotopic (exact) mass is 293 g/mol. The summed E-state index contributed by atoms with van der Waals surface area (Å²) in [6.45, 7) is 0. The Morgan fingerprint density at radius 1 is 1.24 bits per heavy atom. The summed E-state index contributed by atoms with van der Waals surface area (Å²) in [6.07, 6.45) is 4.52. The zero-order valence-electron chi connectivity index (χ0n) is 11.8. The smallest absolute Gasteiger partial charge is 0.206 e. The summed E-state index contributed by atoms with van der Waals surface area (Å²) in [5.74, 6) is 0.345. The van der Waals surface area contributed by atoms with Crippen molar-refractivity contribution in [1.29, 1.82) is 5.26 Å². The molecule has 0 radical (unpaired) electrons. The molecule has 0 spiro atoms. The summed E-state index contributed by atoms with van der Waals surface area (Å²) >= 11 is 0. The Morgan fingerprint density at radius 3 is 2.52 bits per heavy atom. The van der Waals surface area contributed by atoms with Gasteiger partial charge >= 0.3 is 0 Å². The molecule has 0 unspecified atom stereocenters. The summed E-state index contributed by atoms with van der Waals surface area (Å²) in [5.41, 5.74) is 1.02. The van der Waals surface area contributed by atoms with Crippen LogP contribution in [-0.4, -0.2) is 0 Å². The number of benzene rings is 1. The lowest BCUT2D eigenvalue weighted by Gasteiger charge is -2.28. The van der Waals surface area contributed by atoms with Crippen molar-refractivity contribution in [2.24, 2.45) is 5.92 Å². The van der Waals surface area contributed by atoms with E-state index >= 15 is 0 Å². The van der Waals surface area contributed by atoms with Gasteiger partial charge in [0.1, 0.15) is 11.9 Å². The number of rotatable bonds is 4. The molecule has 2 rings (SSSR count). The number of nitrogens with zero attached hydrogens (tertiary/aromatic N) is 1. The third-order valence-corrected chi connectivity index (χ3v) is 4.31. The fourth-order valence-electron chi connectivity index (χ4n) is 3.09. The Hall–Kier alpha value is -1.76. The van der Waals surface area contributed by atoms with Crippen LogP contribution in [0, 0.1) is 23.1 Å². The fraction of sp³-hybridized carbons (Fsp3) is 0.471. The molecule has 1 aliphatic carbocycles. The van der Waals surface area contributed by atoms with Crippen LogP contribution in [0.5, 0.6) is 0 Å². The predicted octanol–water partition coefficient (Wildman–Crippen LogP) is 5.53. The molecule has 0 amide bonds. The lowest BCUT2D eigenvalue weighted by molar-refractivity contribution is 0.309. The number of hydrogen-bond acceptors (Lipinski definition) is 1. The number of nitriles is 1. The van der Waals surface area contributed by atoms with Crippen LogP contribution in [0.2, 0.25) is 0 Å². The Bertz CT molecular complexity index is 548. The molecule has 0 saturated heterocycles. The molecule has 0 aliphatic heterocycles. The molecule has 1 aromatic rings. The van der Waals surface area contributed by atoms with Crippen LogP contribution in [0.25, 0.3) is 0 Å². The maximum Gasteiger partial charge on any atom is 0.266 e. The molecule has 1 fully saturated rings. The maximum atomic E-state index is 13.6. The lowest BCUT2D eigenvalue weighted by Crippen LogP contribution is -2.13. The Balaban J connectivity index is 1.88. The molecule has 1 saturated carbocycles. The largest absolute Gasteiger partial charge is 0.266 e. The second-order valence-electron chi connectivity index (χ2n) is 5.64. The van der Waals surface area contributed by atoms with Gasteiger partial charge in [-0.25, -0.2) is 4.39 Å². The van der Waals surface area contributed by atoms with Crippen molar-refractivity contribution in [2.45, 2.75) is 44.4 Å². The van der Waals surface area contributed by atoms with E-state index in [9.17, 15) is 13.2 Å². The van der Waals surface area contributed by atoms with Crippen LogP contribution in [0.1, 0.15) is 55.6 Å². The van der Waals surface area contributed by atoms with Gasteiger partial charge in [0.25, 0.3) is 6.08 Å². The molecule has 1 nitrogen and oxygen atoms in total. The van der Waals surface area contributed by atoms with Crippen LogP contribution in [0.15, 0.2) is 30.4 Å². The molecule has 0 aromatic heterocycles. The Labute approximate surface area is 123 Å². The molecular weight excluding hydrogens is 275 g/mol. The molecule has 0 N–H and O–H groups in total. The minimum atomic E-state index is -1.60. The van der Waals surface area contributed by atoms with Crippen molar-refractivity contribution in [1.82, 2.24) is 0 Å². The van der Waals surface area contributed by atoms with E-state index in [0.29, 0.717) is 18.3 Å². The lowest BCUT2D eigenvalue weighted by atomic mass is 9.77. The third kappa shape index (κ3) is 4.35. The second-order valence-corrected chi connectivity index (χ2v) is 5.64. The molecule has 1 aliphatic rings. The molecule has 0 bridgehead atoms. The van der Waals surface area contributed by atoms with E-state index in [2.05, 4.69) is 0 Å². The van der Waals surface area contributed by atoms with E-state index in [1.807, 2.05) is 12.1 Å². The van der Waals surface area contributed by atoms with Gasteiger partial charge in [-0.1, -0.05) is 6.07 Å². The minimum Gasteiger partial charge on any atom is -0.206 e. The van der Waals surface area contributed by atoms with E-state index in [-0.39, 0.29) is 5.56 Å². The molecule has 4 heteroatoms. The Kier molecular flexibility index (Phi) is 5.44. The first-order valence-corrected chi connectivity index (χ1v) is 7.31. The summed E-state index contributed by atoms with van der Waals surface area (Å²) < 4.78 is 37.6. The van der Waals surface area contributed by atoms with E-state index in [0.717, 1.165) is 43.7 Å². The molecule has 0 atom stereocenters. The van der Waals surface area contributed by atoms with Crippen molar-refractivity contribution in [3.8, 4) is 6.07 Å². The SMILES string of the molecule is N#Cc1ccc(C2CCC(CCC=C(F)F)CC2)cc1F. The number of allylic oxidation sites excluding steroid dienone is 1. The van der Waals surface area contributed by atoms with Crippen LogP contribution in [0.4, 0.5) is 13.2 Å². The van der Waals surface area contributed by atoms with E-state index in [1.54, 1.807) is 0 Å². The van der Waals surface area contributed by atoms with Gasteiger partial charge < -0.3 is 0 Å². The van der Waals surface area contributed by atoms with E-state index in [4.69, 9.17) is 5.26 Å². The van der Waals surface area contributed by atoms with E-state index in [1.165, 1.54) is 12.1 Å². The number of halogens is 3. The van der Waals surface area contributed by atoms with Gasteiger partial charge in [-0.05, 0) is 74.1 Å². The van der Waals surface area contributed by atoms with Crippen molar-refractivity contribution in [3.63, 3.8) is 0 Å². The zero-order valence-corrected chi connectivity index (χ0v) is 11.8. The average molecular weight is 293 g/mol. The molecule has 0 heterocycles. The first kappa shape index (κ1) is 15.6. The van der Waals surface area contributed by atoms with Crippen LogP contribution < -0.4 is 0 Å². The zero-order chi connectivity index (χ0) is 15.2.